The highest BCUT2D eigenvalue weighted by Gasteiger charge is 2.01. The van der Waals surface area contributed by atoms with E-state index in [0.717, 1.165) is 16.9 Å². The number of methoxy groups -OCH3 is 1. The molecule has 0 aliphatic heterocycles. The van der Waals surface area contributed by atoms with Crippen molar-refractivity contribution in [2.75, 3.05) is 12.4 Å². The molecule has 0 spiro atoms. The predicted molar refractivity (Wildman–Crippen MR) is 81.7 cm³/mol. The van der Waals surface area contributed by atoms with Gasteiger partial charge in [-0.1, -0.05) is 18.2 Å². The second kappa shape index (κ2) is 6.09. The molecule has 0 unspecified atom stereocenters. The van der Waals surface area contributed by atoms with Gasteiger partial charge in [-0.25, -0.2) is 9.67 Å². The minimum atomic E-state index is 0.609. The molecule has 0 saturated carbocycles. The molecular weight excluding hydrogens is 264 g/mol. The summed E-state index contributed by atoms with van der Waals surface area (Å²) in [4.78, 5) is 4.16. The average molecular weight is 280 g/mol. The highest BCUT2D eigenvalue weighted by atomic mass is 16.5. The molecule has 0 aliphatic carbocycles. The zero-order valence-electron chi connectivity index (χ0n) is 11.7. The van der Waals surface area contributed by atoms with Crippen LogP contribution in [0.3, 0.4) is 0 Å². The zero-order chi connectivity index (χ0) is 14.5. The summed E-state index contributed by atoms with van der Waals surface area (Å²) in [6.45, 7) is 0.695. The molecule has 2 aromatic heterocycles. The van der Waals surface area contributed by atoms with E-state index in [-0.39, 0.29) is 0 Å². The van der Waals surface area contributed by atoms with E-state index in [0.29, 0.717) is 12.4 Å². The first kappa shape index (κ1) is 13.2. The molecule has 5 nitrogen and oxygen atoms in total. The molecule has 3 aromatic rings. The summed E-state index contributed by atoms with van der Waals surface area (Å²) in [6.07, 6.45) is 5.62. The van der Waals surface area contributed by atoms with E-state index in [4.69, 9.17) is 4.74 Å². The number of rotatable bonds is 5. The minimum absolute atomic E-state index is 0.609. The first-order valence-electron chi connectivity index (χ1n) is 6.68. The lowest BCUT2D eigenvalue weighted by Gasteiger charge is -2.05. The van der Waals surface area contributed by atoms with Gasteiger partial charge in [-0.15, -0.1) is 0 Å². The number of nitrogens with one attached hydrogen (secondary N) is 1. The van der Waals surface area contributed by atoms with Gasteiger partial charge in [0.2, 0.25) is 5.88 Å². The topological polar surface area (TPSA) is 52.0 Å². The quantitative estimate of drug-likeness (QED) is 0.780. The Kier molecular flexibility index (Phi) is 3.82. The molecule has 3 rings (SSSR count). The number of nitrogens with zero attached hydrogens (tertiary/aromatic N) is 3. The van der Waals surface area contributed by atoms with Crippen LogP contribution in [0.1, 0.15) is 5.56 Å². The van der Waals surface area contributed by atoms with Crippen LogP contribution >= 0.6 is 0 Å². The summed E-state index contributed by atoms with van der Waals surface area (Å²) in [5.41, 5.74) is 3.10. The lowest BCUT2D eigenvalue weighted by molar-refractivity contribution is 0.398. The van der Waals surface area contributed by atoms with Crippen molar-refractivity contribution in [3.05, 3.63) is 66.6 Å². The highest BCUT2D eigenvalue weighted by Crippen LogP contribution is 2.13. The molecule has 1 aromatic carbocycles. The van der Waals surface area contributed by atoms with Crippen LogP contribution in [0.15, 0.2) is 61.1 Å². The van der Waals surface area contributed by atoms with Gasteiger partial charge in [-0.2, -0.15) is 5.10 Å². The molecule has 2 heterocycles. The van der Waals surface area contributed by atoms with E-state index in [9.17, 15) is 0 Å². The number of aromatic nitrogens is 3. The fourth-order valence-corrected chi connectivity index (χ4v) is 1.98. The summed E-state index contributed by atoms with van der Waals surface area (Å²) < 4.78 is 6.90. The number of hydrogen-bond donors (Lipinski definition) is 1. The fourth-order valence-electron chi connectivity index (χ4n) is 1.98. The van der Waals surface area contributed by atoms with Crippen LogP contribution in [0.5, 0.6) is 5.88 Å². The van der Waals surface area contributed by atoms with Crippen LogP contribution in [-0.4, -0.2) is 21.9 Å². The maximum atomic E-state index is 5.03. The molecule has 1 N–H and O–H groups in total. The monoisotopic (exact) mass is 280 g/mol. The number of hydrogen-bond acceptors (Lipinski definition) is 4. The number of benzene rings is 1. The molecule has 0 aliphatic rings. The Morgan fingerprint density at radius 3 is 2.67 bits per heavy atom. The van der Waals surface area contributed by atoms with Gasteiger partial charge in [0.25, 0.3) is 0 Å². The minimum Gasteiger partial charge on any atom is -0.481 e. The lowest BCUT2D eigenvalue weighted by atomic mass is 10.3. The second-order valence-corrected chi connectivity index (χ2v) is 4.57. The van der Waals surface area contributed by atoms with Gasteiger partial charge in [-0.3, -0.25) is 0 Å². The Morgan fingerprint density at radius 1 is 1.10 bits per heavy atom. The molecule has 0 saturated heterocycles. The maximum Gasteiger partial charge on any atom is 0.213 e. The third-order valence-electron chi connectivity index (χ3n) is 3.10. The zero-order valence-corrected chi connectivity index (χ0v) is 11.7. The van der Waals surface area contributed by atoms with E-state index in [1.807, 2.05) is 59.5 Å². The Labute approximate surface area is 123 Å². The molecule has 106 valence electrons. The van der Waals surface area contributed by atoms with Gasteiger partial charge in [0.05, 0.1) is 30.9 Å². The van der Waals surface area contributed by atoms with E-state index in [1.165, 1.54) is 0 Å². The van der Waals surface area contributed by atoms with Gasteiger partial charge in [0, 0.05) is 24.4 Å². The van der Waals surface area contributed by atoms with Gasteiger partial charge < -0.3 is 10.1 Å². The molecule has 5 heteroatoms. The Morgan fingerprint density at radius 2 is 1.95 bits per heavy atom. The van der Waals surface area contributed by atoms with Gasteiger partial charge in [-0.05, 0) is 18.2 Å². The standard InChI is InChI=1S/C16H16N4O/c1-21-16-8-7-14(11-18-16)17-9-13-10-19-20(12-13)15-5-3-2-4-6-15/h2-8,10-12,17H,9H2,1H3. The van der Waals surface area contributed by atoms with E-state index in [1.54, 1.807) is 13.3 Å². The summed E-state index contributed by atoms with van der Waals surface area (Å²) >= 11 is 0. The van der Waals surface area contributed by atoms with E-state index >= 15 is 0 Å². The Bertz CT molecular complexity index is 692. The van der Waals surface area contributed by atoms with Crippen LogP contribution < -0.4 is 10.1 Å². The molecule has 0 amide bonds. The fraction of sp³-hybridized carbons (Fsp3) is 0.125. The van der Waals surface area contributed by atoms with E-state index in [2.05, 4.69) is 15.4 Å². The highest BCUT2D eigenvalue weighted by molar-refractivity contribution is 5.42. The van der Waals surface area contributed by atoms with E-state index < -0.39 is 0 Å². The van der Waals surface area contributed by atoms with Gasteiger partial charge in [0.15, 0.2) is 0 Å². The normalized spacial score (nSPS) is 10.3. The molecular formula is C16H16N4O. The van der Waals surface area contributed by atoms with Crippen molar-refractivity contribution in [3.63, 3.8) is 0 Å². The van der Waals surface area contributed by atoms with Crippen molar-refractivity contribution in [2.24, 2.45) is 0 Å². The van der Waals surface area contributed by atoms with Crippen LogP contribution in [0, 0.1) is 0 Å². The summed E-state index contributed by atoms with van der Waals surface area (Å²) in [6, 6.07) is 13.8. The number of ether oxygens (including phenoxy) is 1. The van der Waals surface area contributed by atoms with Crippen molar-refractivity contribution in [3.8, 4) is 11.6 Å². The molecule has 0 atom stereocenters. The van der Waals surface area contributed by atoms with Crippen LogP contribution in [0.2, 0.25) is 0 Å². The van der Waals surface area contributed by atoms with Crippen LogP contribution in [-0.2, 0) is 6.54 Å². The third-order valence-corrected chi connectivity index (χ3v) is 3.10. The number of para-hydroxylation sites is 1. The second-order valence-electron chi connectivity index (χ2n) is 4.57. The Balaban J connectivity index is 1.64. The van der Waals surface area contributed by atoms with Gasteiger partial charge >= 0.3 is 0 Å². The molecule has 0 fully saturated rings. The summed E-state index contributed by atoms with van der Waals surface area (Å²) in [7, 11) is 1.60. The average Bonchev–Trinajstić information content (AvgIpc) is 3.03. The van der Waals surface area contributed by atoms with Crippen molar-refractivity contribution < 1.29 is 4.74 Å². The predicted octanol–water partition coefficient (Wildman–Crippen LogP) is 2.89. The third kappa shape index (κ3) is 3.20. The summed E-state index contributed by atoms with van der Waals surface area (Å²) in [5.74, 6) is 0.609. The van der Waals surface area contributed by atoms with Crippen molar-refractivity contribution >= 4 is 5.69 Å². The van der Waals surface area contributed by atoms with Crippen LogP contribution in [0.25, 0.3) is 5.69 Å². The first-order chi connectivity index (χ1) is 10.3. The smallest absolute Gasteiger partial charge is 0.213 e. The lowest BCUT2D eigenvalue weighted by Crippen LogP contribution is -1.99. The maximum absolute atomic E-state index is 5.03. The largest absolute Gasteiger partial charge is 0.481 e. The molecule has 21 heavy (non-hydrogen) atoms. The molecule has 0 bridgehead atoms. The van der Waals surface area contributed by atoms with Crippen molar-refractivity contribution in [1.29, 1.82) is 0 Å². The first-order valence-corrected chi connectivity index (χ1v) is 6.68. The molecule has 0 radical (unpaired) electrons. The Hall–Kier alpha value is -2.82. The SMILES string of the molecule is COc1ccc(NCc2cnn(-c3ccccc3)c2)cn1. The summed E-state index contributed by atoms with van der Waals surface area (Å²) in [5, 5.41) is 7.67. The van der Waals surface area contributed by atoms with Crippen molar-refractivity contribution in [2.45, 2.75) is 6.54 Å². The van der Waals surface area contributed by atoms with Gasteiger partial charge in [0.1, 0.15) is 0 Å². The number of anilines is 1. The number of pyridine rings is 1. The van der Waals surface area contributed by atoms with Crippen molar-refractivity contribution in [1.82, 2.24) is 14.8 Å². The van der Waals surface area contributed by atoms with Crippen LogP contribution in [0.4, 0.5) is 5.69 Å².